The molecule has 1 aliphatic rings. The molecule has 1 aliphatic heterocycles. The molecule has 0 saturated carbocycles. The zero-order valence-electron chi connectivity index (χ0n) is 18.8. The van der Waals surface area contributed by atoms with Crippen LogP contribution in [0.1, 0.15) is 40.2 Å². The zero-order chi connectivity index (χ0) is 21.8. The van der Waals surface area contributed by atoms with Crippen LogP contribution in [0.3, 0.4) is 0 Å². The van der Waals surface area contributed by atoms with E-state index in [1.807, 2.05) is 17.9 Å². The van der Waals surface area contributed by atoms with E-state index in [9.17, 15) is 4.79 Å². The summed E-state index contributed by atoms with van der Waals surface area (Å²) >= 11 is 1.47. The van der Waals surface area contributed by atoms with Gasteiger partial charge in [-0.05, 0) is 59.2 Å². The number of anilines is 1. The summed E-state index contributed by atoms with van der Waals surface area (Å²) < 4.78 is 7.58. The molecule has 0 N–H and O–H groups in total. The molecule has 30 heavy (non-hydrogen) atoms. The van der Waals surface area contributed by atoms with Gasteiger partial charge in [0.25, 0.3) is 0 Å². The molecule has 1 fully saturated rings. The highest BCUT2D eigenvalue weighted by Crippen LogP contribution is 2.31. The molecule has 1 atom stereocenters. The lowest BCUT2D eigenvalue weighted by Gasteiger charge is -2.33. The van der Waals surface area contributed by atoms with Gasteiger partial charge >= 0.3 is 0 Å². The summed E-state index contributed by atoms with van der Waals surface area (Å²) in [5, 5.41) is 9.47. The number of aromatic nitrogens is 3. The number of ether oxygens (including phenoxy) is 1. The largest absolute Gasteiger partial charge is 0.378 e. The van der Waals surface area contributed by atoms with E-state index < -0.39 is 0 Å². The molecule has 2 heterocycles. The first-order chi connectivity index (χ1) is 14.3. The number of benzene rings is 1. The number of aryl methyl sites for hydroxylation is 1. The molecule has 0 aliphatic carbocycles. The van der Waals surface area contributed by atoms with Gasteiger partial charge in [0.1, 0.15) is 0 Å². The van der Waals surface area contributed by atoms with Crippen LogP contribution in [0.25, 0.3) is 5.69 Å². The first kappa shape index (κ1) is 22.6. The van der Waals surface area contributed by atoms with Gasteiger partial charge in [-0.2, -0.15) is 0 Å². The zero-order valence-corrected chi connectivity index (χ0v) is 19.6. The number of nitrogens with zero attached hydrogens (tertiary/aromatic N) is 5. The lowest BCUT2D eigenvalue weighted by Crippen LogP contribution is -2.45. The van der Waals surface area contributed by atoms with Gasteiger partial charge in [-0.1, -0.05) is 23.9 Å². The highest BCUT2D eigenvalue weighted by atomic mass is 32.2. The summed E-state index contributed by atoms with van der Waals surface area (Å²) in [5.41, 5.74) is 2.17. The second-order valence-corrected chi connectivity index (χ2v) is 9.56. The standard InChI is InChI=1S/C22H33N5O2S/c1-15(2)26(16(3)4)20(28)18(6)30-22-24-23-21(25-10-12-29-13-11-25)27(22)19-9-7-8-17(5)14-19/h7-9,14-16,18H,10-13H2,1-6H3. The fourth-order valence-corrected chi connectivity index (χ4v) is 4.74. The number of carbonyl (C=O) groups excluding carboxylic acids is 1. The second-order valence-electron chi connectivity index (χ2n) is 8.25. The van der Waals surface area contributed by atoms with E-state index in [1.165, 1.54) is 17.3 Å². The average molecular weight is 432 g/mol. The van der Waals surface area contributed by atoms with E-state index in [0.717, 1.165) is 29.9 Å². The molecule has 164 valence electrons. The molecular formula is C22H33N5O2S. The summed E-state index contributed by atoms with van der Waals surface area (Å²) in [6.45, 7) is 15.2. The van der Waals surface area contributed by atoms with E-state index in [-0.39, 0.29) is 23.2 Å². The van der Waals surface area contributed by atoms with Gasteiger partial charge in [-0.15, -0.1) is 10.2 Å². The minimum absolute atomic E-state index is 0.122. The summed E-state index contributed by atoms with van der Waals surface area (Å²) in [7, 11) is 0. The Labute approximate surface area is 183 Å². The Morgan fingerprint density at radius 3 is 2.37 bits per heavy atom. The van der Waals surface area contributed by atoms with Crippen LogP contribution in [-0.4, -0.2) is 69.2 Å². The highest BCUT2D eigenvalue weighted by molar-refractivity contribution is 8.00. The number of morpholine rings is 1. The monoisotopic (exact) mass is 431 g/mol. The van der Waals surface area contributed by atoms with Crippen molar-refractivity contribution in [3.05, 3.63) is 29.8 Å². The third-order valence-corrected chi connectivity index (χ3v) is 6.20. The summed E-state index contributed by atoms with van der Waals surface area (Å²) in [5.74, 6) is 0.923. The van der Waals surface area contributed by atoms with Crippen molar-refractivity contribution in [2.45, 2.75) is 64.0 Å². The van der Waals surface area contributed by atoms with Crippen LogP contribution >= 0.6 is 11.8 Å². The molecule has 8 heteroatoms. The van der Waals surface area contributed by atoms with Crippen molar-refractivity contribution in [3.63, 3.8) is 0 Å². The summed E-state index contributed by atoms with van der Waals surface area (Å²) in [4.78, 5) is 17.3. The molecule has 0 bridgehead atoms. The lowest BCUT2D eigenvalue weighted by atomic mass is 10.2. The normalized spacial score (nSPS) is 15.7. The predicted octanol–water partition coefficient (Wildman–Crippen LogP) is 3.54. The van der Waals surface area contributed by atoms with Gasteiger partial charge in [-0.25, -0.2) is 0 Å². The van der Waals surface area contributed by atoms with Crippen molar-refractivity contribution >= 4 is 23.6 Å². The molecule has 1 aromatic heterocycles. The quantitative estimate of drug-likeness (QED) is 0.625. The Hall–Kier alpha value is -2.06. The Kier molecular flexibility index (Phi) is 7.41. The van der Waals surface area contributed by atoms with Gasteiger partial charge in [0.05, 0.1) is 24.2 Å². The van der Waals surface area contributed by atoms with E-state index in [2.05, 4.69) is 72.5 Å². The van der Waals surface area contributed by atoms with Crippen molar-refractivity contribution in [2.24, 2.45) is 0 Å². The number of amides is 1. The number of thioether (sulfide) groups is 1. The van der Waals surface area contributed by atoms with Crippen LogP contribution in [0.5, 0.6) is 0 Å². The van der Waals surface area contributed by atoms with Crippen LogP contribution in [0, 0.1) is 6.92 Å². The fraction of sp³-hybridized carbons (Fsp3) is 0.591. The molecule has 1 unspecified atom stereocenters. The highest BCUT2D eigenvalue weighted by Gasteiger charge is 2.29. The second kappa shape index (κ2) is 9.83. The maximum atomic E-state index is 13.2. The number of carbonyl (C=O) groups is 1. The Bertz CT molecular complexity index is 853. The van der Waals surface area contributed by atoms with Crippen LogP contribution in [0.4, 0.5) is 5.95 Å². The van der Waals surface area contributed by atoms with Crippen molar-refractivity contribution in [2.75, 3.05) is 31.2 Å². The fourth-order valence-electron chi connectivity index (χ4n) is 3.82. The summed E-state index contributed by atoms with van der Waals surface area (Å²) in [6.07, 6.45) is 0. The molecule has 1 saturated heterocycles. The molecule has 7 nitrogen and oxygen atoms in total. The van der Waals surface area contributed by atoms with Gasteiger partial charge in [0.15, 0.2) is 5.16 Å². The van der Waals surface area contributed by atoms with E-state index >= 15 is 0 Å². The molecular weight excluding hydrogens is 398 g/mol. The smallest absolute Gasteiger partial charge is 0.236 e. The van der Waals surface area contributed by atoms with Crippen molar-refractivity contribution in [3.8, 4) is 5.69 Å². The summed E-state index contributed by atoms with van der Waals surface area (Å²) in [6, 6.07) is 8.60. The van der Waals surface area contributed by atoms with Crippen LogP contribution in [0.2, 0.25) is 0 Å². The maximum Gasteiger partial charge on any atom is 0.236 e. The minimum atomic E-state index is -0.264. The van der Waals surface area contributed by atoms with E-state index in [0.29, 0.717) is 13.2 Å². The van der Waals surface area contributed by atoms with Gasteiger partial charge in [0.2, 0.25) is 11.9 Å². The first-order valence-electron chi connectivity index (χ1n) is 10.6. The molecule has 1 amide bonds. The Morgan fingerprint density at radius 1 is 1.10 bits per heavy atom. The third kappa shape index (κ3) is 4.98. The van der Waals surface area contributed by atoms with Crippen molar-refractivity contribution < 1.29 is 9.53 Å². The van der Waals surface area contributed by atoms with E-state index in [4.69, 9.17) is 4.74 Å². The van der Waals surface area contributed by atoms with Crippen LogP contribution in [-0.2, 0) is 9.53 Å². The van der Waals surface area contributed by atoms with Gasteiger partial charge < -0.3 is 14.5 Å². The third-order valence-electron chi connectivity index (χ3n) is 5.17. The molecule has 1 aromatic carbocycles. The lowest BCUT2D eigenvalue weighted by molar-refractivity contribution is -0.133. The van der Waals surface area contributed by atoms with Gasteiger partial charge in [0, 0.05) is 25.2 Å². The van der Waals surface area contributed by atoms with Crippen molar-refractivity contribution in [1.29, 1.82) is 0 Å². The predicted molar refractivity (Wildman–Crippen MR) is 122 cm³/mol. The van der Waals surface area contributed by atoms with Crippen LogP contribution in [0.15, 0.2) is 29.4 Å². The topological polar surface area (TPSA) is 63.5 Å². The first-order valence-corrected chi connectivity index (χ1v) is 11.5. The minimum Gasteiger partial charge on any atom is -0.378 e. The number of rotatable bonds is 7. The SMILES string of the molecule is Cc1cccc(-n2c(SC(C)C(=O)N(C(C)C)C(C)C)nnc2N2CCOCC2)c1. The average Bonchev–Trinajstić information content (AvgIpc) is 3.11. The number of hydrogen-bond donors (Lipinski definition) is 0. The molecule has 0 radical (unpaired) electrons. The Balaban J connectivity index is 1.94. The molecule has 0 spiro atoms. The van der Waals surface area contributed by atoms with Gasteiger partial charge in [-0.3, -0.25) is 9.36 Å². The number of hydrogen-bond acceptors (Lipinski definition) is 6. The van der Waals surface area contributed by atoms with Crippen LogP contribution < -0.4 is 4.90 Å². The Morgan fingerprint density at radius 2 is 1.77 bits per heavy atom. The van der Waals surface area contributed by atoms with Crippen molar-refractivity contribution in [1.82, 2.24) is 19.7 Å². The maximum absolute atomic E-state index is 13.2. The molecule has 2 aromatic rings. The molecule has 3 rings (SSSR count). The van der Waals surface area contributed by atoms with E-state index in [1.54, 1.807) is 0 Å².